The zero-order valence-corrected chi connectivity index (χ0v) is 9.35. The lowest BCUT2D eigenvalue weighted by atomic mass is 10.2. The molecule has 0 bridgehead atoms. The van der Waals surface area contributed by atoms with E-state index >= 15 is 0 Å². The molecule has 2 nitrogen and oxygen atoms in total. The number of benzene rings is 1. The Balaban J connectivity index is 2.59. The molecule has 0 amide bonds. The van der Waals surface area contributed by atoms with E-state index in [-0.39, 0.29) is 0 Å². The largest absolute Gasteiger partial charge is 0.413 e. The fraction of sp³-hybridized carbons (Fsp3) is 0.333. The molecule has 0 aliphatic carbocycles. The van der Waals surface area contributed by atoms with Crippen LogP contribution in [0.4, 0.5) is 20.2 Å². The van der Waals surface area contributed by atoms with Crippen molar-refractivity contribution in [3.05, 3.63) is 22.7 Å². The number of rotatable bonds is 0. The van der Waals surface area contributed by atoms with Gasteiger partial charge in [0.2, 0.25) is 0 Å². The molecule has 0 N–H and O–H groups in total. The average Bonchev–Trinajstić information content (AvgIpc) is 2.29. The summed E-state index contributed by atoms with van der Waals surface area (Å²) in [5.74, 6) is 0. The number of nitrogens with zero attached hydrogens (tertiary/aromatic N) is 2. The van der Waals surface area contributed by atoms with Crippen molar-refractivity contribution in [1.82, 2.24) is 0 Å². The SMILES string of the molecule is CN1c2ccc(Br)cc2N(C)C1(F)F. The van der Waals surface area contributed by atoms with Gasteiger partial charge in [-0.2, -0.15) is 8.78 Å². The van der Waals surface area contributed by atoms with Gasteiger partial charge < -0.3 is 0 Å². The zero-order chi connectivity index (χ0) is 10.5. The third-order valence-electron chi connectivity index (χ3n) is 2.47. The van der Waals surface area contributed by atoms with Gasteiger partial charge in [-0.1, -0.05) is 15.9 Å². The van der Waals surface area contributed by atoms with Crippen molar-refractivity contribution in [2.24, 2.45) is 0 Å². The molecule has 2 rings (SSSR count). The molecule has 1 aromatic rings. The molecule has 0 saturated carbocycles. The summed E-state index contributed by atoms with van der Waals surface area (Å²) in [7, 11) is 2.77. The highest BCUT2D eigenvalue weighted by atomic mass is 79.9. The standard InChI is InChI=1S/C9H9BrF2N2/c1-13-7-4-3-6(10)5-8(7)14(2)9(13,11)12/h3-5H,1-2H3. The van der Waals surface area contributed by atoms with Crippen LogP contribution in [-0.2, 0) is 0 Å². The van der Waals surface area contributed by atoms with Gasteiger partial charge in [-0.15, -0.1) is 0 Å². The third-order valence-corrected chi connectivity index (χ3v) is 2.96. The molecule has 0 unspecified atom stereocenters. The molecule has 0 spiro atoms. The van der Waals surface area contributed by atoms with Crippen molar-refractivity contribution in [2.45, 2.75) is 6.17 Å². The van der Waals surface area contributed by atoms with E-state index in [0.717, 1.165) is 14.3 Å². The normalized spacial score (nSPS) is 18.6. The van der Waals surface area contributed by atoms with Crippen LogP contribution in [0.3, 0.4) is 0 Å². The molecule has 76 valence electrons. The highest BCUT2D eigenvalue weighted by molar-refractivity contribution is 9.10. The molecule has 1 aliphatic heterocycles. The van der Waals surface area contributed by atoms with Gasteiger partial charge in [-0.3, -0.25) is 9.80 Å². The summed E-state index contributed by atoms with van der Waals surface area (Å²) in [6, 6.07) is 5.12. The molecule has 1 heterocycles. The maximum absolute atomic E-state index is 13.5. The lowest BCUT2D eigenvalue weighted by Gasteiger charge is -2.26. The van der Waals surface area contributed by atoms with Crippen molar-refractivity contribution >= 4 is 27.3 Å². The van der Waals surface area contributed by atoms with Gasteiger partial charge in [0.05, 0.1) is 11.4 Å². The molecular weight excluding hydrogens is 254 g/mol. The van der Waals surface area contributed by atoms with E-state index in [0.29, 0.717) is 11.4 Å². The quantitative estimate of drug-likeness (QED) is 0.664. The van der Waals surface area contributed by atoms with Crippen LogP contribution in [0.5, 0.6) is 0 Å². The summed E-state index contributed by atoms with van der Waals surface area (Å²) in [5.41, 5.74) is 1.08. The van der Waals surface area contributed by atoms with Crippen LogP contribution in [0.25, 0.3) is 0 Å². The minimum atomic E-state index is -2.94. The van der Waals surface area contributed by atoms with Crippen molar-refractivity contribution in [1.29, 1.82) is 0 Å². The molecule has 5 heteroatoms. The second kappa shape index (κ2) is 2.82. The monoisotopic (exact) mass is 262 g/mol. The van der Waals surface area contributed by atoms with Crippen LogP contribution in [0.2, 0.25) is 0 Å². The maximum atomic E-state index is 13.5. The average molecular weight is 263 g/mol. The van der Waals surface area contributed by atoms with Crippen LogP contribution in [0.15, 0.2) is 22.7 Å². The van der Waals surface area contributed by atoms with E-state index in [9.17, 15) is 8.78 Å². The number of halogens is 3. The van der Waals surface area contributed by atoms with Crippen molar-refractivity contribution < 1.29 is 8.78 Å². The van der Waals surface area contributed by atoms with Crippen LogP contribution >= 0.6 is 15.9 Å². The predicted molar refractivity (Wildman–Crippen MR) is 55.9 cm³/mol. The van der Waals surface area contributed by atoms with E-state index in [1.165, 1.54) is 14.1 Å². The topological polar surface area (TPSA) is 6.48 Å². The highest BCUT2D eigenvalue weighted by Crippen LogP contribution is 2.45. The van der Waals surface area contributed by atoms with E-state index in [1.54, 1.807) is 18.2 Å². The molecule has 0 radical (unpaired) electrons. The van der Waals surface area contributed by atoms with Gasteiger partial charge in [-0.25, -0.2) is 0 Å². The molecule has 1 aliphatic rings. The first-order chi connectivity index (χ1) is 6.44. The summed E-state index contributed by atoms with van der Waals surface area (Å²) < 4.78 is 27.8. The lowest BCUT2D eigenvalue weighted by Crippen LogP contribution is -2.46. The van der Waals surface area contributed by atoms with Crippen LogP contribution in [0.1, 0.15) is 0 Å². The first-order valence-electron chi connectivity index (χ1n) is 4.09. The number of hydrogen-bond acceptors (Lipinski definition) is 2. The molecule has 0 aromatic heterocycles. The number of hydrogen-bond donors (Lipinski definition) is 0. The van der Waals surface area contributed by atoms with Crippen LogP contribution in [0, 0.1) is 0 Å². The van der Waals surface area contributed by atoms with Gasteiger partial charge in [0, 0.05) is 18.6 Å². The van der Waals surface area contributed by atoms with Crippen LogP contribution < -0.4 is 9.80 Å². The Bertz CT molecular complexity index is 381. The van der Waals surface area contributed by atoms with Gasteiger partial charge in [0.25, 0.3) is 0 Å². The second-order valence-electron chi connectivity index (χ2n) is 3.26. The molecule has 0 fully saturated rings. The van der Waals surface area contributed by atoms with Crippen LogP contribution in [-0.4, -0.2) is 20.3 Å². The number of alkyl halides is 2. The Morgan fingerprint density at radius 2 is 1.71 bits per heavy atom. The third kappa shape index (κ3) is 1.11. The molecular formula is C9H9BrF2N2. The minimum absolute atomic E-state index is 0.534. The van der Waals surface area contributed by atoms with E-state index in [2.05, 4.69) is 15.9 Å². The Hall–Kier alpha value is -0.840. The molecule has 1 aromatic carbocycles. The van der Waals surface area contributed by atoms with Gasteiger partial charge in [0.1, 0.15) is 0 Å². The molecule has 0 saturated heterocycles. The lowest BCUT2D eigenvalue weighted by molar-refractivity contribution is 0.0122. The first-order valence-corrected chi connectivity index (χ1v) is 4.89. The predicted octanol–water partition coefficient (Wildman–Crippen LogP) is 2.89. The van der Waals surface area contributed by atoms with E-state index < -0.39 is 6.17 Å². The van der Waals surface area contributed by atoms with Crippen molar-refractivity contribution in [2.75, 3.05) is 23.9 Å². The molecule has 14 heavy (non-hydrogen) atoms. The van der Waals surface area contributed by atoms with Gasteiger partial charge in [0.15, 0.2) is 0 Å². The summed E-state index contributed by atoms with van der Waals surface area (Å²) in [5, 5.41) is 0. The fourth-order valence-electron chi connectivity index (χ4n) is 1.56. The van der Waals surface area contributed by atoms with E-state index in [1.807, 2.05) is 0 Å². The van der Waals surface area contributed by atoms with Crippen molar-refractivity contribution in [3.63, 3.8) is 0 Å². The number of anilines is 2. The second-order valence-corrected chi connectivity index (χ2v) is 4.18. The Labute approximate surface area is 89.2 Å². The summed E-state index contributed by atoms with van der Waals surface area (Å²) in [4.78, 5) is 1.93. The Morgan fingerprint density at radius 3 is 2.36 bits per heavy atom. The van der Waals surface area contributed by atoms with Gasteiger partial charge >= 0.3 is 6.17 Å². The Kier molecular flexibility index (Phi) is 1.96. The van der Waals surface area contributed by atoms with E-state index in [4.69, 9.17) is 0 Å². The minimum Gasteiger partial charge on any atom is -0.295 e. The number of fused-ring (bicyclic) bond motifs is 1. The fourth-order valence-corrected chi connectivity index (χ4v) is 1.91. The summed E-state index contributed by atoms with van der Waals surface area (Å²) >= 11 is 3.26. The Morgan fingerprint density at radius 1 is 1.14 bits per heavy atom. The smallest absolute Gasteiger partial charge is 0.295 e. The maximum Gasteiger partial charge on any atom is 0.413 e. The zero-order valence-electron chi connectivity index (χ0n) is 7.76. The highest BCUT2D eigenvalue weighted by Gasteiger charge is 2.47. The first kappa shape index (κ1) is 9.71. The summed E-state index contributed by atoms with van der Waals surface area (Å²) in [6.45, 7) is 0. The van der Waals surface area contributed by atoms with Gasteiger partial charge in [-0.05, 0) is 18.2 Å². The van der Waals surface area contributed by atoms with Crippen molar-refractivity contribution in [3.8, 4) is 0 Å². The molecule has 0 atom stereocenters. The summed E-state index contributed by atoms with van der Waals surface area (Å²) in [6.07, 6.45) is -2.94.